The fourth-order valence-corrected chi connectivity index (χ4v) is 2.38. The van der Waals surface area contributed by atoms with E-state index < -0.39 is 0 Å². The van der Waals surface area contributed by atoms with Crippen LogP contribution in [-0.4, -0.2) is 39.9 Å². The zero-order chi connectivity index (χ0) is 14.3. The molecule has 6 heteroatoms. The first-order valence-electron chi connectivity index (χ1n) is 6.59. The molecule has 0 aliphatic carbocycles. The van der Waals surface area contributed by atoms with Crippen LogP contribution in [0.2, 0.25) is 0 Å². The third kappa shape index (κ3) is 4.87. The first kappa shape index (κ1) is 16.0. The van der Waals surface area contributed by atoms with Gasteiger partial charge in [0.2, 0.25) is 0 Å². The van der Waals surface area contributed by atoms with Gasteiger partial charge in [-0.3, -0.25) is 4.68 Å². The van der Waals surface area contributed by atoms with Crippen molar-refractivity contribution in [2.24, 2.45) is 7.05 Å². The van der Waals surface area contributed by atoms with E-state index in [-0.39, 0.29) is 5.97 Å². The molecule has 1 atom stereocenters. The van der Waals surface area contributed by atoms with Crippen LogP contribution in [0.1, 0.15) is 36.8 Å². The normalized spacial score (nSPS) is 12.4. The molecule has 0 saturated carbocycles. The van der Waals surface area contributed by atoms with Gasteiger partial charge in [0.05, 0.1) is 18.5 Å². The van der Waals surface area contributed by atoms with Gasteiger partial charge in [0.15, 0.2) is 0 Å². The van der Waals surface area contributed by atoms with Crippen LogP contribution >= 0.6 is 11.8 Å². The van der Waals surface area contributed by atoms with Crippen LogP contribution in [0.25, 0.3) is 0 Å². The quantitative estimate of drug-likeness (QED) is 0.739. The minimum Gasteiger partial charge on any atom is -0.462 e. The number of hydrogen-bond donors (Lipinski definition) is 1. The number of rotatable bonds is 8. The molecule has 19 heavy (non-hydrogen) atoms. The molecule has 5 nitrogen and oxygen atoms in total. The molecule has 1 unspecified atom stereocenters. The summed E-state index contributed by atoms with van der Waals surface area (Å²) in [5.41, 5.74) is 1.42. The maximum atomic E-state index is 11.8. The Bertz CT molecular complexity index is 407. The highest BCUT2D eigenvalue weighted by Gasteiger charge is 2.17. The van der Waals surface area contributed by atoms with E-state index >= 15 is 0 Å². The summed E-state index contributed by atoms with van der Waals surface area (Å²) in [6.45, 7) is 7.09. The van der Waals surface area contributed by atoms with E-state index in [9.17, 15) is 4.79 Å². The van der Waals surface area contributed by atoms with Crippen LogP contribution in [0.15, 0.2) is 6.20 Å². The molecule has 1 rings (SSSR count). The molecule has 1 aromatic heterocycles. The van der Waals surface area contributed by atoms with Crippen molar-refractivity contribution in [1.82, 2.24) is 15.1 Å². The summed E-state index contributed by atoms with van der Waals surface area (Å²) in [7, 11) is 1.84. The molecule has 0 spiro atoms. The van der Waals surface area contributed by atoms with Gasteiger partial charge in [-0.2, -0.15) is 16.9 Å². The van der Waals surface area contributed by atoms with E-state index in [1.165, 1.54) is 0 Å². The smallest absolute Gasteiger partial charge is 0.341 e. The van der Waals surface area contributed by atoms with Gasteiger partial charge in [-0.05, 0) is 19.6 Å². The van der Waals surface area contributed by atoms with Gasteiger partial charge in [-0.15, -0.1) is 0 Å². The number of hydrogen-bond acceptors (Lipinski definition) is 5. The average molecular weight is 285 g/mol. The Kier molecular flexibility index (Phi) is 6.94. The second kappa shape index (κ2) is 8.22. The van der Waals surface area contributed by atoms with Crippen LogP contribution in [0, 0.1) is 0 Å². The summed E-state index contributed by atoms with van der Waals surface area (Å²) in [5.74, 6) is 1.87. The van der Waals surface area contributed by atoms with E-state index in [0.29, 0.717) is 24.8 Å². The Morgan fingerprint density at radius 1 is 1.58 bits per heavy atom. The minimum atomic E-state index is -0.303. The number of carbonyl (C=O) groups is 1. The van der Waals surface area contributed by atoms with Crippen LogP contribution < -0.4 is 5.32 Å². The number of ether oxygens (including phenoxy) is 1. The van der Waals surface area contributed by atoms with Gasteiger partial charge < -0.3 is 10.1 Å². The Hall–Kier alpha value is -1.01. The molecule has 0 aliphatic heterocycles. The number of nitrogens with one attached hydrogen (secondary N) is 1. The lowest BCUT2D eigenvalue weighted by molar-refractivity contribution is 0.0524. The van der Waals surface area contributed by atoms with Crippen molar-refractivity contribution < 1.29 is 9.53 Å². The van der Waals surface area contributed by atoms with Crippen LogP contribution in [0.3, 0.4) is 0 Å². The SMILES string of the molecule is CCOC(=O)c1cnn(C)c1CNC(C)CSCC. The fraction of sp³-hybridized carbons (Fsp3) is 0.692. The molecule has 0 aliphatic rings. The molecule has 108 valence electrons. The zero-order valence-electron chi connectivity index (χ0n) is 12.1. The summed E-state index contributed by atoms with van der Waals surface area (Å²) >= 11 is 1.90. The highest BCUT2D eigenvalue weighted by Crippen LogP contribution is 2.10. The number of thioether (sulfide) groups is 1. The summed E-state index contributed by atoms with van der Waals surface area (Å²) in [6.07, 6.45) is 1.57. The molecule has 0 saturated heterocycles. The van der Waals surface area contributed by atoms with Gasteiger partial charge in [-0.1, -0.05) is 6.92 Å². The maximum Gasteiger partial charge on any atom is 0.341 e. The van der Waals surface area contributed by atoms with Crippen molar-refractivity contribution in [3.05, 3.63) is 17.5 Å². The second-order valence-electron chi connectivity index (χ2n) is 4.29. The maximum absolute atomic E-state index is 11.8. The van der Waals surface area contributed by atoms with E-state index in [1.54, 1.807) is 17.8 Å². The van der Waals surface area contributed by atoms with Crippen molar-refractivity contribution >= 4 is 17.7 Å². The lowest BCUT2D eigenvalue weighted by Crippen LogP contribution is -2.29. The first-order valence-corrected chi connectivity index (χ1v) is 7.74. The van der Waals surface area contributed by atoms with Gasteiger partial charge in [0.25, 0.3) is 0 Å². The number of aromatic nitrogens is 2. The van der Waals surface area contributed by atoms with Crippen molar-refractivity contribution in [2.75, 3.05) is 18.1 Å². The Labute approximate surface area is 119 Å². The molecule has 0 bridgehead atoms. The van der Waals surface area contributed by atoms with Crippen molar-refractivity contribution in [3.8, 4) is 0 Å². The van der Waals surface area contributed by atoms with Crippen LogP contribution in [-0.2, 0) is 18.3 Å². The molecule has 1 aromatic rings. The molecule has 0 amide bonds. The zero-order valence-corrected chi connectivity index (χ0v) is 12.9. The summed E-state index contributed by atoms with van der Waals surface area (Å²) in [4.78, 5) is 11.8. The molecule has 1 N–H and O–H groups in total. The van der Waals surface area contributed by atoms with Crippen molar-refractivity contribution in [2.45, 2.75) is 33.4 Å². The number of nitrogens with zero attached hydrogens (tertiary/aromatic N) is 2. The number of carbonyl (C=O) groups excluding carboxylic acids is 1. The van der Waals surface area contributed by atoms with Crippen molar-refractivity contribution in [1.29, 1.82) is 0 Å². The van der Waals surface area contributed by atoms with E-state index in [0.717, 1.165) is 17.2 Å². The van der Waals surface area contributed by atoms with Crippen LogP contribution in [0.4, 0.5) is 0 Å². The summed E-state index contributed by atoms with van der Waals surface area (Å²) < 4.78 is 6.75. The number of aryl methyl sites for hydroxylation is 1. The van der Waals surface area contributed by atoms with Crippen LogP contribution in [0.5, 0.6) is 0 Å². The summed E-state index contributed by atoms with van der Waals surface area (Å²) in [6, 6.07) is 0.398. The molecular weight excluding hydrogens is 262 g/mol. The van der Waals surface area contributed by atoms with Crippen molar-refractivity contribution in [3.63, 3.8) is 0 Å². The summed E-state index contributed by atoms with van der Waals surface area (Å²) in [5, 5.41) is 7.54. The monoisotopic (exact) mass is 285 g/mol. The predicted octanol–water partition coefficient (Wildman–Crippen LogP) is 1.83. The fourth-order valence-electron chi connectivity index (χ4n) is 1.68. The van der Waals surface area contributed by atoms with E-state index in [4.69, 9.17) is 4.74 Å². The van der Waals surface area contributed by atoms with E-state index in [1.807, 2.05) is 18.8 Å². The van der Waals surface area contributed by atoms with Gasteiger partial charge in [0, 0.05) is 25.4 Å². The second-order valence-corrected chi connectivity index (χ2v) is 5.61. The Balaban J connectivity index is 2.62. The Morgan fingerprint density at radius 2 is 2.32 bits per heavy atom. The molecule has 0 fully saturated rings. The Morgan fingerprint density at radius 3 is 2.95 bits per heavy atom. The predicted molar refractivity (Wildman–Crippen MR) is 78.5 cm³/mol. The molecular formula is C13H23N3O2S. The lowest BCUT2D eigenvalue weighted by Gasteiger charge is -2.14. The highest BCUT2D eigenvalue weighted by molar-refractivity contribution is 7.99. The third-order valence-corrected chi connectivity index (χ3v) is 3.89. The highest BCUT2D eigenvalue weighted by atomic mass is 32.2. The first-order chi connectivity index (χ1) is 9.10. The molecule has 0 radical (unpaired) electrons. The molecule has 1 heterocycles. The van der Waals surface area contributed by atoms with Gasteiger partial charge in [-0.25, -0.2) is 4.79 Å². The van der Waals surface area contributed by atoms with E-state index in [2.05, 4.69) is 24.3 Å². The number of esters is 1. The largest absolute Gasteiger partial charge is 0.462 e. The van der Waals surface area contributed by atoms with Gasteiger partial charge in [0.1, 0.15) is 5.56 Å². The lowest BCUT2D eigenvalue weighted by atomic mass is 10.2. The average Bonchev–Trinajstić information content (AvgIpc) is 2.75. The molecule has 0 aromatic carbocycles. The topological polar surface area (TPSA) is 56.1 Å². The minimum absolute atomic E-state index is 0.303. The standard InChI is InChI=1S/C13H23N3O2S/c1-5-18-13(17)11-7-15-16(4)12(11)8-14-10(3)9-19-6-2/h7,10,14H,5-6,8-9H2,1-4H3. The van der Waals surface area contributed by atoms with Gasteiger partial charge >= 0.3 is 5.97 Å². The third-order valence-electron chi connectivity index (χ3n) is 2.75.